The zero-order valence-corrected chi connectivity index (χ0v) is 14.0. The molecule has 3 heteroatoms. The zero-order valence-electron chi connectivity index (χ0n) is 12.4. The van der Waals surface area contributed by atoms with Gasteiger partial charge < -0.3 is 10.1 Å². The van der Waals surface area contributed by atoms with E-state index in [0.29, 0.717) is 12.0 Å². The van der Waals surface area contributed by atoms with E-state index in [1.807, 2.05) is 6.07 Å². The molecule has 1 aliphatic rings. The third-order valence-corrected chi connectivity index (χ3v) is 4.80. The van der Waals surface area contributed by atoms with Gasteiger partial charge in [0.15, 0.2) is 0 Å². The lowest BCUT2D eigenvalue weighted by atomic mass is 9.76. The summed E-state index contributed by atoms with van der Waals surface area (Å²) in [7, 11) is 1.70. The molecule has 0 radical (unpaired) electrons. The van der Waals surface area contributed by atoms with Crippen molar-refractivity contribution in [2.45, 2.75) is 31.7 Å². The molecular formula is C18H20BrNO. The molecule has 0 atom stereocenters. The Kier molecular flexibility index (Phi) is 4.20. The summed E-state index contributed by atoms with van der Waals surface area (Å²) in [5, 5.41) is 3.64. The third-order valence-electron chi connectivity index (χ3n) is 4.27. The molecule has 1 N–H and O–H groups in total. The van der Waals surface area contributed by atoms with Crippen LogP contribution in [0, 0.1) is 6.92 Å². The van der Waals surface area contributed by atoms with Crippen LogP contribution in [0.5, 0.6) is 5.75 Å². The van der Waals surface area contributed by atoms with Gasteiger partial charge in [0.2, 0.25) is 0 Å². The van der Waals surface area contributed by atoms with Crippen molar-refractivity contribution in [2.75, 3.05) is 12.4 Å². The Morgan fingerprint density at radius 1 is 1.10 bits per heavy atom. The van der Waals surface area contributed by atoms with E-state index in [0.717, 1.165) is 10.2 Å². The fraction of sp³-hybridized carbons (Fsp3) is 0.333. The van der Waals surface area contributed by atoms with Gasteiger partial charge in [-0.05, 0) is 67.1 Å². The zero-order chi connectivity index (χ0) is 14.8. The molecular weight excluding hydrogens is 326 g/mol. The number of hydrogen-bond donors (Lipinski definition) is 1. The maximum atomic E-state index is 5.25. The quantitative estimate of drug-likeness (QED) is 0.829. The van der Waals surface area contributed by atoms with Gasteiger partial charge in [-0.15, -0.1) is 0 Å². The number of anilines is 1. The largest absolute Gasteiger partial charge is 0.497 e. The summed E-state index contributed by atoms with van der Waals surface area (Å²) in [6, 6.07) is 15.5. The molecule has 110 valence electrons. The van der Waals surface area contributed by atoms with Gasteiger partial charge >= 0.3 is 0 Å². The van der Waals surface area contributed by atoms with Crippen molar-refractivity contribution in [3.05, 3.63) is 58.1 Å². The van der Waals surface area contributed by atoms with Gasteiger partial charge in [-0.2, -0.15) is 0 Å². The molecule has 2 aromatic rings. The second-order valence-corrected chi connectivity index (χ2v) is 6.66. The van der Waals surface area contributed by atoms with Crippen molar-refractivity contribution in [3.8, 4) is 5.75 Å². The van der Waals surface area contributed by atoms with Crippen LogP contribution in [0.3, 0.4) is 0 Å². The van der Waals surface area contributed by atoms with Crippen molar-refractivity contribution >= 4 is 21.6 Å². The number of hydrogen-bond acceptors (Lipinski definition) is 2. The summed E-state index contributed by atoms with van der Waals surface area (Å²) in [5.74, 6) is 1.61. The highest BCUT2D eigenvalue weighted by atomic mass is 79.9. The first kappa shape index (κ1) is 14.5. The molecule has 1 fully saturated rings. The molecule has 2 aromatic carbocycles. The molecule has 0 spiro atoms. The molecule has 0 heterocycles. The number of rotatable bonds is 4. The van der Waals surface area contributed by atoms with E-state index in [9.17, 15) is 0 Å². The molecule has 0 aromatic heterocycles. The molecule has 3 rings (SSSR count). The van der Waals surface area contributed by atoms with Crippen molar-refractivity contribution in [1.82, 2.24) is 0 Å². The third kappa shape index (κ3) is 3.24. The molecule has 0 bridgehead atoms. The highest BCUT2D eigenvalue weighted by molar-refractivity contribution is 9.10. The van der Waals surface area contributed by atoms with Crippen molar-refractivity contribution in [1.29, 1.82) is 0 Å². The van der Waals surface area contributed by atoms with Gasteiger partial charge in [0.05, 0.1) is 7.11 Å². The van der Waals surface area contributed by atoms with E-state index >= 15 is 0 Å². The minimum atomic E-state index is 0.575. The van der Waals surface area contributed by atoms with Gasteiger partial charge in [-0.25, -0.2) is 0 Å². The Balaban J connectivity index is 1.58. The molecule has 0 unspecified atom stereocenters. The SMILES string of the molecule is COc1ccc(NC2CC(c3ccc(Br)cc3)C2)c(C)c1. The Hall–Kier alpha value is -1.48. The average molecular weight is 346 g/mol. The standard InChI is InChI=1S/C18H20BrNO/c1-12-9-17(21-2)7-8-18(12)20-16-10-14(11-16)13-3-5-15(19)6-4-13/h3-9,14,16,20H,10-11H2,1-2H3. The van der Waals surface area contributed by atoms with Crippen molar-refractivity contribution in [2.24, 2.45) is 0 Å². The second-order valence-electron chi connectivity index (χ2n) is 5.74. The van der Waals surface area contributed by atoms with Gasteiger partial charge in [0.25, 0.3) is 0 Å². The van der Waals surface area contributed by atoms with Gasteiger partial charge in [0, 0.05) is 16.2 Å². The number of benzene rings is 2. The van der Waals surface area contributed by atoms with Crippen LogP contribution in [-0.4, -0.2) is 13.2 Å². The average Bonchev–Trinajstić information content (AvgIpc) is 2.45. The fourth-order valence-corrected chi connectivity index (χ4v) is 3.15. The molecule has 0 amide bonds. The van der Waals surface area contributed by atoms with E-state index in [-0.39, 0.29) is 0 Å². The van der Waals surface area contributed by atoms with Crippen LogP contribution in [0.4, 0.5) is 5.69 Å². The van der Waals surface area contributed by atoms with Crippen LogP contribution >= 0.6 is 15.9 Å². The highest BCUT2D eigenvalue weighted by Crippen LogP contribution is 2.39. The predicted octanol–water partition coefficient (Wildman–Crippen LogP) is 5.12. The summed E-state index contributed by atoms with van der Waals surface area (Å²) in [4.78, 5) is 0. The van der Waals surface area contributed by atoms with Crippen molar-refractivity contribution < 1.29 is 4.74 Å². The van der Waals surface area contributed by atoms with E-state index in [4.69, 9.17) is 4.74 Å². The van der Waals surface area contributed by atoms with Crippen molar-refractivity contribution in [3.63, 3.8) is 0 Å². The summed E-state index contributed by atoms with van der Waals surface area (Å²) in [6.45, 7) is 2.12. The van der Waals surface area contributed by atoms with Crippen LogP contribution in [0.25, 0.3) is 0 Å². The van der Waals surface area contributed by atoms with Crippen LogP contribution < -0.4 is 10.1 Å². The number of halogens is 1. The van der Waals surface area contributed by atoms with E-state index < -0.39 is 0 Å². The Bertz CT molecular complexity index is 618. The Morgan fingerprint density at radius 3 is 2.43 bits per heavy atom. The lowest BCUT2D eigenvalue weighted by Gasteiger charge is -2.37. The van der Waals surface area contributed by atoms with Gasteiger partial charge in [0.1, 0.15) is 5.75 Å². The Morgan fingerprint density at radius 2 is 1.81 bits per heavy atom. The number of nitrogens with one attached hydrogen (secondary N) is 1. The van der Waals surface area contributed by atoms with E-state index in [1.54, 1.807) is 7.11 Å². The van der Waals surface area contributed by atoms with Crippen LogP contribution in [0.1, 0.15) is 29.9 Å². The first-order valence-electron chi connectivity index (χ1n) is 7.32. The molecule has 1 aliphatic carbocycles. The van der Waals surface area contributed by atoms with Gasteiger partial charge in [-0.3, -0.25) is 0 Å². The number of aryl methyl sites for hydroxylation is 1. The second kappa shape index (κ2) is 6.10. The minimum absolute atomic E-state index is 0.575. The molecule has 0 aliphatic heterocycles. The lowest BCUT2D eigenvalue weighted by molar-refractivity contribution is 0.374. The van der Waals surface area contributed by atoms with E-state index in [1.165, 1.54) is 29.7 Å². The maximum absolute atomic E-state index is 5.25. The van der Waals surface area contributed by atoms with Gasteiger partial charge in [-0.1, -0.05) is 28.1 Å². The molecule has 1 saturated carbocycles. The number of methoxy groups -OCH3 is 1. The highest BCUT2D eigenvalue weighted by Gasteiger charge is 2.30. The Labute approximate surface area is 134 Å². The topological polar surface area (TPSA) is 21.3 Å². The van der Waals surface area contributed by atoms with Crippen LogP contribution in [-0.2, 0) is 0 Å². The minimum Gasteiger partial charge on any atom is -0.497 e. The first-order chi connectivity index (χ1) is 10.2. The molecule has 21 heavy (non-hydrogen) atoms. The summed E-state index contributed by atoms with van der Waals surface area (Å²) in [5.41, 5.74) is 3.90. The fourth-order valence-electron chi connectivity index (χ4n) is 2.89. The van der Waals surface area contributed by atoms with Crippen LogP contribution in [0.15, 0.2) is 46.9 Å². The predicted molar refractivity (Wildman–Crippen MR) is 91.3 cm³/mol. The smallest absolute Gasteiger partial charge is 0.119 e. The monoisotopic (exact) mass is 345 g/mol. The summed E-state index contributed by atoms with van der Waals surface area (Å²) in [6.07, 6.45) is 2.40. The van der Waals surface area contributed by atoms with E-state index in [2.05, 4.69) is 64.6 Å². The lowest BCUT2D eigenvalue weighted by Crippen LogP contribution is -2.34. The number of ether oxygens (including phenoxy) is 1. The maximum Gasteiger partial charge on any atom is 0.119 e. The summed E-state index contributed by atoms with van der Waals surface area (Å²) < 4.78 is 6.40. The summed E-state index contributed by atoms with van der Waals surface area (Å²) >= 11 is 3.49. The normalized spacial score (nSPS) is 20.7. The molecule has 0 saturated heterocycles. The molecule has 2 nitrogen and oxygen atoms in total. The first-order valence-corrected chi connectivity index (χ1v) is 8.11. The van der Waals surface area contributed by atoms with Crippen LogP contribution in [0.2, 0.25) is 0 Å².